The first-order chi connectivity index (χ1) is 9.33. The van der Waals surface area contributed by atoms with Gasteiger partial charge in [0.1, 0.15) is 0 Å². The number of aryl methyl sites for hydroxylation is 1. The average molecular weight is 281 g/mol. The molecule has 2 heteroatoms. The Hall–Kier alpha value is -0.500. The Morgan fingerprint density at radius 2 is 1.68 bits per heavy atom. The van der Waals surface area contributed by atoms with Crippen LogP contribution in [0.2, 0.25) is 0 Å². The van der Waals surface area contributed by atoms with Gasteiger partial charge in [-0.15, -0.1) is 0 Å². The Bertz CT molecular complexity index is 325. The maximum atomic E-state index is 2.28. The highest BCUT2D eigenvalue weighted by molar-refractivity contribution is 7.98. The SMILES string of the molecule is CCCCCCCCCCSC[n+]1cccc(C)c1. The van der Waals surface area contributed by atoms with E-state index >= 15 is 0 Å². The van der Waals surface area contributed by atoms with Crippen LogP contribution in [-0.2, 0) is 5.88 Å². The Kier molecular flexibility index (Phi) is 9.88. The third-order valence-corrected chi connectivity index (χ3v) is 4.45. The summed E-state index contributed by atoms with van der Waals surface area (Å²) in [7, 11) is 0. The van der Waals surface area contributed by atoms with Gasteiger partial charge >= 0.3 is 0 Å². The molecule has 0 atom stereocenters. The third kappa shape index (κ3) is 9.10. The summed E-state index contributed by atoms with van der Waals surface area (Å²) < 4.78 is 2.28. The molecule has 1 aromatic heterocycles. The van der Waals surface area contributed by atoms with Crippen LogP contribution in [0.25, 0.3) is 0 Å². The number of aromatic nitrogens is 1. The van der Waals surface area contributed by atoms with Crippen molar-refractivity contribution < 1.29 is 4.57 Å². The van der Waals surface area contributed by atoms with Gasteiger partial charge in [0.25, 0.3) is 0 Å². The summed E-state index contributed by atoms with van der Waals surface area (Å²) in [6.45, 7) is 4.43. The number of nitrogens with zero attached hydrogens (tertiary/aromatic N) is 1. The van der Waals surface area contributed by atoms with Gasteiger partial charge in [-0.05, 0) is 25.2 Å². The average Bonchev–Trinajstić information content (AvgIpc) is 2.41. The zero-order chi connectivity index (χ0) is 13.8. The van der Waals surface area contributed by atoms with E-state index in [4.69, 9.17) is 0 Å². The van der Waals surface area contributed by atoms with Crippen molar-refractivity contribution in [2.45, 2.75) is 71.1 Å². The first kappa shape index (κ1) is 16.6. The number of thioether (sulfide) groups is 1. The highest BCUT2D eigenvalue weighted by Gasteiger charge is 2.00. The number of pyridine rings is 1. The molecule has 0 aromatic carbocycles. The molecule has 1 rings (SSSR count). The zero-order valence-corrected chi connectivity index (χ0v) is 13.6. The highest BCUT2D eigenvalue weighted by atomic mass is 32.2. The number of rotatable bonds is 11. The van der Waals surface area contributed by atoms with Gasteiger partial charge in [0, 0.05) is 11.6 Å². The summed E-state index contributed by atoms with van der Waals surface area (Å²) in [4.78, 5) is 0. The molecule has 0 saturated heterocycles. The number of unbranched alkanes of at least 4 members (excludes halogenated alkanes) is 7. The van der Waals surface area contributed by atoms with E-state index < -0.39 is 0 Å². The fourth-order valence-electron chi connectivity index (χ4n) is 2.24. The van der Waals surface area contributed by atoms with Gasteiger partial charge in [0.05, 0.1) is 0 Å². The molecule has 19 heavy (non-hydrogen) atoms. The Labute approximate surface area is 123 Å². The van der Waals surface area contributed by atoms with Gasteiger partial charge in [0.2, 0.25) is 0 Å². The molecule has 0 fully saturated rings. The summed E-state index contributed by atoms with van der Waals surface area (Å²) in [5.74, 6) is 2.40. The van der Waals surface area contributed by atoms with Crippen LogP contribution in [0.15, 0.2) is 24.5 Å². The van der Waals surface area contributed by atoms with Gasteiger partial charge in [0.15, 0.2) is 18.3 Å². The summed E-state index contributed by atoms with van der Waals surface area (Å²) >= 11 is 2.05. The van der Waals surface area contributed by atoms with Crippen molar-refractivity contribution in [2.24, 2.45) is 0 Å². The van der Waals surface area contributed by atoms with E-state index in [0.29, 0.717) is 0 Å². The minimum Gasteiger partial charge on any atom is -0.195 e. The second-order valence-corrected chi connectivity index (χ2v) is 6.48. The predicted octanol–water partition coefficient (Wildman–Crippen LogP) is 5.11. The number of hydrogen-bond acceptors (Lipinski definition) is 1. The minimum absolute atomic E-state index is 1.10. The largest absolute Gasteiger partial charge is 0.195 e. The summed E-state index contributed by atoms with van der Waals surface area (Å²) in [5, 5.41) is 0. The van der Waals surface area contributed by atoms with Crippen LogP contribution in [0, 0.1) is 6.92 Å². The standard InChI is InChI=1S/C17H30NS/c1-3-4-5-6-7-8-9-10-14-19-16-18-13-11-12-17(2)15-18/h11-13,15H,3-10,14,16H2,1-2H3/q+1. The van der Waals surface area contributed by atoms with Crippen molar-refractivity contribution in [2.75, 3.05) is 5.75 Å². The van der Waals surface area contributed by atoms with Crippen molar-refractivity contribution in [3.05, 3.63) is 30.1 Å². The van der Waals surface area contributed by atoms with Crippen LogP contribution < -0.4 is 4.57 Å². The van der Waals surface area contributed by atoms with Crippen molar-refractivity contribution in [1.82, 2.24) is 0 Å². The molecule has 0 aliphatic carbocycles. The van der Waals surface area contributed by atoms with Crippen LogP contribution in [0.4, 0.5) is 0 Å². The Morgan fingerprint density at radius 3 is 2.37 bits per heavy atom. The van der Waals surface area contributed by atoms with Crippen molar-refractivity contribution in [3.63, 3.8) is 0 Å². The van der Waals surface area contributed by atoms with Crippen molar-refractivity contribution >= 4 is 11.8 Å². The van der Waals surface area contributed by atoms with E-state index in [0.717, 1.165) is 5.88 Å². The molecule has 0 bridgehead atoms. The van der Waals surface area contributed by atoms with E-state index in [-0.39, 0.29) is 0 Å². The van der Waals surface area contributed by atoms with Crippen LogP contribution in [0.3, 0.4) is 0 Å². The molecule has 1 heterocycles. The molecular weight excluding hydrogens is 250 g/mol. The van der Waals surface area contributed by atoms with E-state index in [2.05, 4.69) is 42.9 Å². The van der Waals surface area contributed by atoms with Crippen LogP contribution in [-0.4, -0.2) is 5.75 Å². The molecule has 0 unspecified atom stereocenters. The lowest BCUT2D eigenvalue weighted by Gasteiger charge is -2.01. The van der Waals surface area contributed by atoms with Crippen molar-refractivity contribution in [3.8, 4) is 0 Å². The van der Waals surface area contributed by atoms with E-state index in [1.807, 2.05) is 11.8 Å². The Balaban J connectivity index is 1.89. The Morgan fingerprint density at radius 1 is 1.00 bits per heavy atom. The predicted molar refractivity (Wildman–Crippen MR) is 86.4 cm³/mol. The molecule has 1 nitrogen and oxygen atoms in total. The van der Waals surface area contributed by atoms with Gasteiger partial charge in [-0.2, -0.15) is 4.57 Å². The fraction of sp³-hybridized carbons (Fsp3) is 0.706. The van der Waals surface area contributed by atoms with E-state index in [1.165, 1.54) is 62.7 Å². The van der Waals surface area contributed by atoms with Crippen LogP contribution in [0.5, 0.6) is 0 Å². The van der Waals surface area contributed by atoms with Crippen LogP contribution >= 0.6 is 11.8 Å². The molecule has 0 spiro atoms. The summed E-state index contributed by atoms with van der Waals surface area (Å²) in [6, 6.07) is 4.28. The minimum atomic E-state index is 1.10. The van der Waals surface area contributed by atoms with Crippen LogP contribution in [0.1, 0.15) is 63.9 Å². The normalized spacial score (nSPS) is 10.8. The summed E-state index contributed by atoms with van der Waals surface area (Å²) in [6.07, 6.45) is 15.7. The molecule has 108 valence electrons. The maximum Gasteiger partial charge on any atom is 0.194 e. The molecule has 0 aliphatic rings. The molecular formula is C17H30NS+. The quantitative estimate of drug-likeness (QED) is 0.402. The monoisotopic (exact) mass is 280 g/mol. The smallest absolute Gasteiger partial charge is 0.194 e. The van der Waals surface area contributed by atoms with E-state index in [9.17, 15) is 0 Å². The first-order valence-corrected chi connectivity index (χ1v) is 9.02. The lowest BCUT2D eigenvalue weighted by atomic mass is 10.1. The van der Waals surface area contributed by atoms with Gasteiger partial charge in [-0.1, -0.05) is 63.6 Å². The lowest BCUT2D eigenvalue weighted by Crippen LogP contribution is -2.31. The van der Waals surface area contributed by atoms with Gasteiger partial charge in [-0.3, -0.25) is 0 Å². The lowest BCUT2D eigenvalue weighted by molar-refractivity contribution is -0.676. The topological polar surface area (TPSA) is 3.88 Å². The third-order valence-electron chi connectivity index (χ3n) is 3.39. The van der Waals surface area contributed by atoms with Gasteiger partial charge in [-0.25, -0.2) is 0 Å². The second-order valence-electron chi connectivity index (χ2n) is 5.41. The molecule has 1 aromatic rings. The highest BCUT2D eigenvalue weighted by Crippen LogP contribution is 2.11. The summed E-state index contributed by atoms with van der Waals surface area (Å²) in [5.41, 5.74) is 1.34. The molecule has 0 amide bonds. The molecule has 0 saturated carbocycles. The molecule has 0 aliphatic heterocycles. The molecule has 0 radical (unpaired) electrons. The maximum absolute atomic E-state index is 2.28. The second kappa shape index (κ2) is 11.3. The first-order valence-electron chi connectivity index (χ1n) is 7.86. The van der Waals surface area contributed by atoms with E-state index in [1.54, 1.807) is 0 Å². The molecule has 0 N–H and O–H groups in total. The fourth-order valence-corrected chi connectivity index (χ4v) is 3.15. The van der Waals surface area contributed by atoms with Crippen molar-refractivity contribution in [1.29, 1.82) is 0 Å². The number of hydrogen-bond donors (Lipinski definition) is 0. The van der Waals surface area contributed by atoms with Gasteiger partial charge < -0.3 is 0 Å². The zero-order valence-electron chi connectivity index (χ0n) is 12.7.